The molecule has 0 unspecified atom stereocenters. The molecule has 0 spiro atoms. The number of halogens is 2. The van der Waals surface area contributed by atoms with Gasteiger partial charge in [0.05, 0.1) is 10.5 Å². The SMILES string of the molecule is O=C(Nc1ccc(S(=O)(=O)N2CCCCCC2)cc1)c1ccc(Cl)nc1Cl. The van der Waals surface area contributed by atoms with Gasteiger partial charge in [0.1, 0.15) is 10.3 Å². The lowest BCUT2D eigenvalue weighted by Gasteiger charge is -2.20. The molecule has 1 aliphatic heterocycles. The maximum Gasteiger partial charge on any atom is 0.258 e. The first-order valence-corrected chi connectivity index (χ1v) is 10.8. The van der Waals surface area contributed by atoms with Gasteiger partial charge in [-0.25, -0.2) is 13.4 Å². The van der Waals surface area contributed by atoms with Crippen molar-refractivity contribution >= 4 is 44.8 Å². The fourth-order valence-corrected chi connectivity index (χ4v) is 4.87. The highest BCUT2D eigenvalue weighted by Crippen LogP contribution is 2.23. The van der Waals surface area contributed by atoms with Crippen molar-refractivity contribution in [2.45, 2.75) is 30.6 Å². The van der Waals surface area contributed by atoms with Gasteiger partial charge in [-0.2, -0.15) is 4.31 Å². The Kier molecular flexibility index (Phi) is 6.37. The minimum atomic E-state index is -3.52. The number of anilines is 1. The molecule has 144 valence electrons. The minimum absolute atomic E-state index is 0.000335. The van der Waals surface area contributed by atoms with E-state index in [0.717, 1.165) is 25.7 Å². The number of benzene rings is 1. The Bertz CT molecular complexity index is 925. The highest BCUT2D eigenvalue weighted by molar-refractivity contribution is 7.89. The summed E-state index contributed by atoms with van der Waals surface area (Å²) in [7, 11) is -3.52. The van der Waals surface area contributed by atoms with Gasteiger partial charge in [0, 0.05) is 18.8 Å². The Balaban J connectivity index is 1.74. The molecule has 1 fully saturated rings. The highest BCUT2D eigenvalue weighted by Gasteiger charge is 2.25. The van der Waals surface area contributed by atoms with E-state index >= 15 is 0 Å². The predicted molar refractivity (Wildman–Crippen MR) is 106 cm³/mol. The van der Waals surface area contributed by atoms with E-state index in [9.17, 15) is 13.2 Å². The number of nitrogens with zero attached hydrogens (tertiary/aromatic N) is 2. The monoisotopic (exact) mass is 427 g/mol. The number of nitrogens with one attached hydrogen (secondary N) is 1. The number of carbonyl (C=O) groups is 1. The summed E-state index contributed by atoms with van der Waals surface area (Å²) < 4.78 is 27.1. The van der Waals surface area contributed by atoms with Crippen LogP contribution in [0.1, 0.15) is 36.0 Å². The Morgan fingerprint density at radius 2 is 1.59 bits per heavy atom. The maximum absolute atomic E-state index is 12.8. The molecular weight excluding hydrogens is 409 g/mol. The lowest BCUT2D eigenvalue weighted by Crippen LogP contribution is -2.31. The largest absolute Gasteiger partial charge is 0.322 e. The molecule has 2 aromatic rings. The molecule has 1 N–H and O–H groups in total. The lowest BCUT2D eigenvalue weighted by atomic mass is 10.2. The molecule has 0 atom stereocenters. The zero-order chi connectivity index (χ0) is 19.4. The summed E-state index contributed by atoms with van der Waals surface area (Å²) in [4.78, 5) is 16.4. The van der Waals surface area contributed by atoms with Gasteiger partial charge >= 0.3 is 0 Å². The van der Waals surface area contributed by atoms with E-state index in [1.807, 2.05) is 0 Å². The maximum atomic E-state index is 12.8. The first kappa shape index (κ1) is 20.1. The molecule has 1 aromatic carbocycles. The summed E-state index contributed by atoms with van der Waals surface area (Å²) in [5.74, 6) is -0.452. The van der Waals surface area contributed by atoms with E-state index in [4.69, 9.17) is 23.2 Å². The number of rotatable bonds is 4. The van der Waals surface area contributed by atoms with Gasteiger partial charge in [-0.15, -0.1) is 0 Å². The van der Waals surface area contributed by atoms with Crippen molar-refractivity contribution in [2.24, 2.45) is 0 Å². The molecule has 9 heteroatoms. The number of amides is 1. The normalized spacial score (nSPS) is 15.9. The summed E-state index contributed by atoms with van der Waals surface area (Å²) in [6.07, 6.45) is 3.87. The zero-order valence-electron chi connectivity index (χ0n) is 14.5. The molecule has 0 saturated carbocycles. The molecule has 1 saturated heterocycles. The Labute approximate surface area is 168 Å². The molecule has 0 radical (unpaired) electrons. The Morgan fingerprint density at radius 1 is 0.963 bits per heavy atom. The van der Waals surface area contributed by atoms with Crippen molar-refractivity contribution in [2.75, 3.05) is 18.4 Å². The molecule has 6 nitrogen and oxygen atoms in total. The third-order valence-corrected chi connectivity index (χ3v) is 6.79. The molecule has 1 amide bonds. The van der Waals surface area contributed by atoms with Crippen LogP contribution in [0.5, 0.6) is 0 Å². The van der Waals surface area contributed by atoms with Crippen LogP contribution in [-0.4, -0.2) is 36.7 Å². The van der Waals surface area contributed by atoms with E-state index in [1.54, 1.807) is 12.1 Å². The number of hydrogen-bond acceptors (Lipinski definition) is 4. The van der Waals surface area contributed by atoms with Gasteiger partial charge in [0.15, 0.2) is 0 Å². The van der Waals surface area contributed by atoms with E-state index in [0.29, 0.717) is 18.8 Å². The summed E-state index contributed by atoms with van der Waals surface area (Å²) in [6.45, 7) is 1.09. The molecule has 0 aliphatic carbocycles. The second-order valence-electron chi connectivity index (χ2n) is 6.27. The number of aromatic nitrogens is 1. The fourth-order valence-electron chi connectivity index (χ4n) is 2.92. The van der Waals surface area contributed by atoms with Crippen LogP contribution in [0.25, 0.3) is 0 Å². The molecule has 1 aliphatic rings. The molecule has 1 aromatic heterocycles. The number of hydrogen-bond donors (Lipinski definition) is 1. The van der Waals surface area contributed by atoms with E-state index < -0.39 is 15.9 Å². The third-order valence-electron chi connectivity index (χ3n) is 4.37. The van der Waals surface area contributed by atoms with Crippen LogP contribution in [-0.2, 0) is 10.0 Å². The molecule has 2 heterocycles. The van der Waals surface area contributed by atoms with Crippen molar-refractivity contribution in [1.29, 1.82) is 0 Å². The van der Waals surface area contributed by atoms with E-state index in [2.05, 4.69) is 10.3 Å². The van der Waals surface area contributed by atoms with Crippen LogP contribution in [0, 0.1) is 0 Å². The average Bonchev–Trinajstić information content (AvgIpc) is 2.92. The summed E-state index contributed by atoms with van der Waals surface area (Å²) in [5.41, 5.74) is 0.642. The average molecular weight is 428 g/mol. The van der Waals surface area contributed by atoms with Crippen LogP contribution >= 0.6 is 23.2 Å². The summed E-state index contributed by atoms with van der Waals surface area (Å²) in [6, 6.07) is 9.05. The van der Waals surface area contributed by atoms with Gasteiger partial charge < -0.3 is 5.32 Å². The molecular formula is C18H19Cl2N3O3S. The second-order valence-corrected chi connectivity index (χ2v) is 8.95. The van der Waals surface area contributed by atoms with E-state index in [1.165, 1.54) is 28.6 Å². The molecule has 0 bridgehead atoms. The van der Waals surface area contributed by atoms with Crippen molar-refractivity contribution in [3.8, 4) is 0 Å². The highest BCUT2D eigenvalue weighted by atomic mass is 35.5. The predicted octanol–water partition coefficient (Wildman–Crippen LogP) is 4.21. The minimum Gasteiger partial charge on any atom is -0.322 e. The van der Waals surface area contributed by atoms with Crippen molar-refractivity contribution in [3.63, 3.8) is 0 Å². The zero-order valence-corrected chi connectivity index (χ0v) is 16.8. The molecule has 3 rings (SSSR count). The van der Waals surface area contributed by atoms with Gasteiger partial charge in [-0.3, -0.25) is 4.79 Å². The second kappa shape index (κ2) is 8.56. The van der Waals surface area contributed by atoms with Gasteiger partial charge in [-0.05, 0) is 49.2 Å². The smallest absolute Gasteiger partial charge is 0.258 e. The standard InChI is InChI=1S/C18H19Cl2N3O3S/c19-16-10-9-15(17(20)22-16)18(24)21-13-5-7-14(8-6-13)27(25,26)23-11-3-1-2-4-12-23/h5-10H,1-4,11-12H2,(H,21,24). The van der Waals surface area contributed by atoms with Crippen molar-refractivity contribution in [3.05, 3.63) is 52.3 Å². The van der Waals surface area contributed by atoms with Gasteiger partial charge in [-0.1, -0.05) is 36.0 Å². The topological polar surface area (TPSA) is 79.4 Å². The van der Waals surface area contributed by atoms with Crippen LogP contribution in [0.4, 0.5) is 5.69 Å². The number of carbonyl (C=O) groups excluding carboxylic acids is 1. The number of sulfonamides is 1. The quantitative estimate of drug-likeness (QED) is 0.741. The first-order chi connectivity index (χ1) is 12.9. The van der Waals surface area contributed by atoms with Crippen LogP contribution in [0.2, 0.25) is 10.3 Å². The van der Waals surface area contributed by atoms with Gasteiger partial charge in [0.25, 0.3) is 5.91 Å². The fraction of sp³-hybridized carbons (Fsp3) is 0.333. The van der Waals surface area contributed by atoms with Crippen molar-refractivity contribution < 1.29 is 13.2 Å². The van der Waals surface area contributed by atoms with Crippen LogP contribution < -0.4 is 5.32 Å². The Morgan fingerprint density at radius 3 is 2.19 bits per heavy atom. The van der Waals surface area contributed by atoms with Crippen LogP contribution in [0.3, 0.4) is 0 Å². The third kappa shape index (κ3) is 4.79. The summed E-state index contributed by atoms with van der Waals surface area (Å²) in [5, 5.41) is 2.87. The molecule has 27 heavy (non-hydrogen) atoms. The lowest BCUT2D eigenvalue weighted by molar-refractivity contribution is 0.102. The van der Waals surface area contributed by atoms with Crippen LogP contribution in [0.15, 0.2) is 41.3 Å². The first-order valence-electron chi connectivity index (χ1n) is 8.61. The number of pyridine rings is 1. The van der Waals surface area contributed by atoms with E-state index in [-0.39, 0.29) is 20.8 Å². The summed E-state index contributed by atoms with van der Waals surface area (Å²) >= 11 is 11.7. The Hall–Kier alpha value is -1.67. The van der Waals surface area contributed by atoms with Crippen molar-refractivity contribution in [1.82, 2.24) is 9.29 Å². The van der Waals surface area contributed by atoms with Gasteiger partial charge in [0.2, 0.25) is 10.0 Å².